The summed E-state index contributed by atoms with van der Waals surface area (Å²) in [4.78, 5) is 29.5. The molecule has 0 radical (unpaired) electrons. The number of amides is 2. The lowest BCUT2D eigenvalue weighted by molar-refractivity contribution is -0.138. The molecular weight excluding hydrogens is 502 g/mol. The number of rotatable bonds is 7. The Morgan fingerprint density at radius 1 is 1.29 bits per heavy atom. The van der Waals surface area contributed by atoms with Crippen LogP contribution in [0.25, 0.3) is 0 Å². The summed E-state index contributed by atoms with van der Waals surface area (Å²) in [6.45, 7) is 18.7. The molecular formula is C27H43N5O5Si. The Morgan fingerprint density at radius 2 is 2.03 bits per heavy atom. The van der Waals surface area contributed by atoms with Crippen LogP contribution in [0.3, 0.4) is 0 Å². The molecule has 0 aromatic heterocycles. The molecule has 1 saturated heterocycles. The van der Waals surface area contributed by atoms with Crippen LogP contribution >= 0.6 is 0 Å². The molecule has 4 rings (SSSR count). The predicted molar refractivity (Wildman–Crippen MR) is 152 cm³/mol. The summed E-state index contributed by atoms with van der Waals surface area (Å²) in [5.74, 6) is 1.28. The third kappa shape index (κ3) is 6.61. The van der Waals surface area contributed by atoms with E-state index in [1.165, 1.54) is 5.01 Å². The topological polar surface area (TPSA) is 95.9 Å². The van der Waals surface area contributed by atoms with Crippen LogP contribution in [-0.4, -0.2) is 86.0 Å². The summed E-state index contributed by atoms with van der Waals surface area (Å²) < 4.78 is 17.4. The summed E-state index contributed by atoms with van der Waals surface area (Å²) >= 11 is 0. The molecule has 0 saturated carbocycles. The van der Waals surface area contributed by atoms with Crippen molar-refractivity contribution in [2.45, 2.75) is 83.9 Å². The average Bonchev–Trinajstić information content (AvgIpc) is 3.19. The molecule has 3 aliphatic heterocycles. The molecule has 3 aliphatic rings. The van der Waals surface area contributed by atoms with Gasteiger partial charge >= 0.3 is 6.09 Å². The van der Waals surface area contributed by atoms with E-state index >= 15 is 0 Å². The molecule has 0 bridgehead atoms. The second-order valence-corrected chi connectivity index (χ2v) is 18.6. The predicted octanol–water partition coefficient (Wildman–Crippen LogP) is 4.55. The lowest BCUT2D eigenvalue weighted by atomic mass is 10.0. The zero-order chi connectivity index (χ0) is 27.9. The first kappa shape index (κ1) is 28.2. The van der Waals surface area contributed by atoms with E-state index in [9.17, 15) is 9.59 Å². The minimum absolute atomic E-state index is 0.108. The van der Waals surface area contributed by atoms with Crippen molar-refractivity contribution in [3.05, 3.63) is 18.2 Å². The summed E-state index contributed by atoms with van der Waals surface area (Å²) in [6, 6.07) is 6.48. The van der Waals surface area contributed by atoms with Crippen LogP contribution < -0.4 is 15.0 Å². The quantitative estimate of drug-likeness (QED) is 0.397. The van der Waals surface area contributed by atoms with Crippen LogP contribution in [0.2, 0.25) is 25.7 Å². The van der Waals surface area contributed by atoms with Gasteiger partial charge in [0, 0.05) is 33.5 Å². The van der Waals surface area contributed by atoms with Gasteiger partial charge in [-0.1, -0.05) is 19.6 Å². The van der Waals surface area contributed by atoms with E-state index in [-0.39, 0.29) is 30.9 Å². The molecule has 11 heteroatoms. The summed E-state index contributed by atoms with van der Waals surface area (Å²) in [6.07, 6.45) is 0.495. The number of carbonyl (C=O) groups is 2. The summed E-state index contributed by atoms with van der Waals surface area (Å²) in [5, 5.41) is 9.61. The minimum Gasteiger partial charge on any atom is -0.483 e. The standard InChI is InChI=1S/C27H43N5O5Si/c1-19-24(33)31(18-35-13-14-38(6,7)8)29-23-16-36-22-10-9-20(15-21(22)32(19)23)28-27(5)11-12-30(17-27)25(34)37-26(2,3)4/h9-10,15,19,28H,11-14,16-18H2,1-8H3/t19?,27-/m0/s1. The molecule has 1 aromatic carbocycles. The molecule has 210 valence electrons. The van der Waals surface area contributed by atoms with Crippen LogP contribution in [0, 0.1) is 0 Å². The molecule has 0 aliphatic carbocycles. The Kier molecular flexibility index (Phi) is 7.73. The Bertz CT molecular complexity index is 1100. The number of anilines is 2. The lowest BCUT2D eigenvalue weighted by Gasteiger charge is -2.41. The Labute approximate surface area is 227 Å². The van der Waals surface area contributed by atoms with Gasteiger partial charge in [0.1, 0.15) is 30.7 Å². The maximum Gasteiger partial charge on any atom is 0.410 e. The first-order valence-corrected chi connectivity index (χ1v) is 17.1. The normalized spacial score (nSPS) is 23.5. The van der Waals surface area contributed by atoms with Gasteiger partial charge in [-0.05, 0) is 65.3 Å². The van der Waals surface area contributed by atoms with E-state index < -0.39 is 19.7 Å². The molecule has 38 heavy (non-hydrogen) atoms. The molecule has 0 spiro atoms. The SMILES string of the molecule is CC1C(=O)N(COCC[Si](C)(C)C)N=C2COc3ccc(N[C@@]4(C)CCN(C(=O)OC(C)(C)C)C4)cc3N21. The van der Waals surface area contributed by atoms with E-state index in [1.54, 1.807) is 4.90 Å². The first-order valence-electron chi connectivity index (χ1n) is 13.4. The number of nitrogens with one attached hydrogen (secondary N) is 1. The zero-order valence-electron chi connectivity index (χ0n) is 24.1. The average molecular weight is 546 g/mol. The molecule has 1 N–H and O–H groups in total. The molecule has 1 unspecified atom stereocenters. The number of hydrazone groups is 1. The molecule has 1 fully saturated rings. The first-order chi connectivity index (χ1) is 17.6. The van der Waals surface area contributed by atoms with Gasteiger partial charge in [0.15, 0.2) is 5.84 Å². The number of likely N-dealkylation sites (tertiary alicyclic amines) is 1. The van der Waals surface area contributed by atoms with E-state index in [2.05, 4.69) is 37.0 Å². The van der Waals surface area contributed by atoms with Gasteiger partial charge in [-0.25, -0.2) is 9.80 Å². The van der Waals surface area contributed by atoms with Crippen molar-refractivity contribution in [2.75, 3.05) is 43.3 Å². The van der Waals surface area contributed by atoms with Crippen molar-refractivity contribution < 1.29 is 23.8 Å². The van der Waals surface area contributed by atoms with Crippen molar-refractivity contribution in [1.82, 2.24) is 9.91 Å². The number of carbonyl (C=O) groups excluding carboxylic acids is 2. The van der Waals surface area contributed by atoms with Gasteiger partial charge in [-0.2, -0.15) is 5.10 Å². The number of fused-ring (bicyclic) bond motifs is 3. The highest BCUT2D eigenvalue weighted by molar-refractivity contribution is 6.76. The summed E-state index contributed by atoms with van der Waals surface area (Å²) in [7, 11) is -1.21. The maximum absolute atomic E-state index is 13.2. The monoisotopic (exact) mass is 545 g/mol. The van der Waals surface area contributed by atoms with Crippen LogP contribution in [0.15, 0.2) is 23.3 Å². The van der Waals surface area contributed by atoms with Gasteiger partial charge in [0.2, 0.25) is 0 Å². The largest absolute Gasteiger partial charge is 0.483 e. The summed E-state index contributed by atoms with van der Waals surface area (Å²) in [5.41, 5.74) is 0.842. The molecule has 1 aromatic rings. The maximum atomic E-state index is 13.2. The second kappa shape index (κ2) is 10.4. The fourth-order valence-corrected chi connectivity index (χ4v) is 5.55. The smallest absolute Gasteiger partial charge is 0.410 e. The van der Waals surface area contributed by atoms with Crippen molar-refractivity contribution in [3.63, 3.8) is 0 Å². The highest BCUT2D eigenvalue weighted by atomic mass is 28.3. The minimum atomic E-state index is -1.21. The van der Waals surface area contributed by atoms with Crippen molar-refractivity contribution in [1.29, 1.82) is 0 Å². The number of amidine groups is 1. The lowest BCUT2D eigenvalue weighted by Crippen LogP contribution is -2.57. The van der Waals surface area contributed by atoms with E-state index in [0.29, 0.717) is 31.3 Å². The number of hydrogen-bond acceptors (Lipinski definition) is 8. The number of nitrogens with zero attached hydrogens (tertiary/aromatic N) is 4. The Hall–Kier alpha value is -2.79. The highest BCUT2D eigenvalue weighted by Crippen LogP contribution is 2.39. The van der Waals surface area contributed by atoms with E-state index in [4.69, 9.17) is 14.2 Å². The van der Waals surface area contributed by atoms with Gasteiger partial charge in [0.05, 0.1) is 11.2 Å². The van der Waals surface area contributed by atoms with Crippen molar-refractivity contribution >= 4 is 37.3 Å². The van der Waals surface area contributed by atoms with Crippen LogP contribution in [0.4, 0.5) is 16.2 Å². The Balaban J connectivity index is 1.45. The Morgan fingerprint density at radius 3 is 2.71 bits per heavy atom. The second-order valence-electron chi connectivity index (χ2n) is 13.0. The van der Waals surface area contributed by atoms with Crippen LogP contribution in [0.1, 0.15) is 41.0 Å². The van der Waals surface area contributed by atoms with Gasteiger partial charge < -0.3 is 29.3 Å². The van der Waals surface area contributed by atoms with Gasteiger partial charge in [-0.3, -0.25) is 4.79 Å². The van der Waals surface area contributed by atoms with Crippen molar-refractivity contribution in [3.8, 4) is 5.75 Å². The van der Waals surface area contributed by atoms with Gasteiger partial charge in [-0.15, -0.1) is 0 Å². The fraction of sp³-hybridized carbons (Fsp3) is 0.667. The third-order valence-corrected chi connectivity index (χ3v) is 8.57. The van der Waals surface area contributed by atoms with Crippen LogP contribution in [0.5, 0.6) is 5.75 Å². The van der Waals surface area contributed by atoms with Crippen LogP contribution in [-0.2, 0) is 14.3 Å². The van der Waals surface area contributed by atoms with E-state index in [0.717, 1.165) is 23.8 Å². The number of benzene rings is 1. The molecule has 3 heterocycles. The third-order valence-electron chi connectivity index (χ3n) is 6.87. The highest BCUT2D eigenvalue weighted by Gasteiger charge is 2.40. The molecule has 10 nitrogen and oxygen atoms in total. The number of ether oxygens (including phenoxy) is 3. The molecule has 2 atom stereocenters. The van der Waals surface area contributed by atoms with E-state index in [1.807, 2.05) is 50.8 Å². The fourth-order valence-electron chi connectivity index (χ4n) is 4.80. The molecule has 2 amide bonds. The van der Waals surface area contributed by atoms with Gasteiger partial charge in [0.25, 0.3) is 5.91 Å². The zero-order valence-corrected chi connectivity index (χ0v) is 25.1. The van der Waals surface area contributed by atoms with Crippen molar-refractivity contribution in [2.24, 2.45) is 5.10 Å². The number of hydrogen-bond donors (Lipinski definition) is 1.